The van der Waals surface area contributed by atoms with E-state index in [1.165, 1.54) is 36.0 Å². The average molecular weight is 335 g/mol. The van der Waals surface area contributed by atoms with Crippen molar-refractivity contribution in [3.8, 4) is 5.75 Å². The average Bonchev–Trinajstić information content (AvgIpc) is 2.67. The minimum Gasteiger partial charge on any atom is -0.492 e. The van der Waals surface area contributed by atoms with E-state index in [0.29, 0.717) is 6.61 Å². The highest BCUT2D eigenvalue weighted by Gasteiger charge is 2.27. The standard InChI is InChI=1S/C22H25NO2/c1-15(17-11-10-16-6-2-3-7-18(16)12-17)23-22(24)20-13-19-8-4-5-9-21(19)25-14-20/h4-5,8-12,15,20H,2-3,6-7,13-14H2,1H3,(H,23,24). The van der Waals surface area contributed by atoms with E-state index in [2.05, 4.69) is 30.4 Å². The monoisotopic (exact) mass is 335 g/mol. The molecule has 0 radical (unpaired) electrons. The lowest BCUT2D eigenvalue weighted by molar-refractivity contribution is -0.126. The van der Waals surface area contributed by atoms with Gasteiger partial charge in [0.2, 0.25) is 5.91 Å². The van der Waals surface area contributed by atoms with Gasteiger partial charge in [-0.1, -0.05) is 36.4 Å². The molecule has 0 bridgehead atoms. The third kappa shape index (κ3) is 3.41. The highest BCUT2D eigenvalue weighted by molar-refractivity contribution is 5.80. The summed E-state index contributed by atoms with van der Waals surface area (Å²) in [6.07, 6.45) is 5.67. The van der Waals surface area contributed by atoms with Crippen molar-refractivity contribution >= 4 is 5.91 Å². The van der Waals surface area contributed by atoms with Crippen LogP contribution >= 0.6 is 0 Å². The van der Waals surface area contributed by atoms with E-state index in [1.807, 2.05) is 24.3 Å². The number of carbonyl (C=O) groups is 1. The summed E-state index contributed by atoms with van der Waals surface area (Å²) in [6.45, 7) is 2.53. The number of hydrogen-bond donors (Lipinski definition) is 1. The number of ether oxygens (including phenoxy) is 1. The summed E-state index contributed by atoms with van der Waals surface area (Å²) in [5.41, 5.74) is 5.26. The molecule has 2 aromatic carbocycles. The van der Waals surface area contributed by atoms with Crippen molar-refractivity contribution < 1.29 is 9.53 Å². The fraction of sp³-hybridized carbons (Fsp3) is 0.409. The molecule has 2 atom stereocenters. The molecule has 3 nitrogen and oxygen atoms in total. The lowest BCUT2D eigenvalue weighted by Crippen LogP contribution is -2.38. The Morgan fingerprint density at radius 3 is 2.76 bits per heavy atom. The van der Waals surface area contributed by atoms with Gasteiger partial charge in [0.1, 0.15) is 12.4 Å². The summed E-state index contributed by atoms with van der Waals surface area (Å²) in [4.78, 5) is 12.7. The number of amides is 1. The second-order valence-electron chi connectivity index (χ2n) is 7.29. The van der Waals surface area contributed by atoms with E-state index in [1.54, 1.807) is 0 Å². The van der Waals surface area contributed by atoms with Gasteiger partial charge in [-0.15, -0.1) is 0 Å². The van der Waals surface area contributed by atoms with E-state index in [-0.39, 0.29) is 17.9 Å². The van der Waals surface area contributed by atoms with Crippen LogP contribution in [0, 0.1) is 5.92 Å². The third-order valence-corrected chi connectivity index (χ3v) is 5.48. The summed E-state index contributed by atoms with van der Waals surface area (Å²) >= 11 is 0. The normalized spacial score (nSPS) is 20.0. The van der Waals surface area contributed by atoms with Crippen LogP contribution in [0.25, 0.3) is 0 Å². The molecule has 1 heterocycles. The van der Waals surface area contributed by atoms with Crippen molar-refractivity contribution in [2.75, 3.05) is 6.61 Å². The van der Waals surface area contributed by atoms with Crippen LogP contribution in [0.5, 0.6) is 5.75 Å². The van der Waals surface area contributed by atoms with Crippen LogP contribution in [0.4, 0.5) is 0 Å². The molecule has 2 aromatic rings. The zero-order chi connectivity index (χ0) is 17.2. The molecule has 0 fully saturated rings. The second-order valence-corrected chi connectivity index (χ2v) is 7.29. The second kappa shape index (κ2) is 6.91. The van der Waals surface area contributed by atoms with Crippen LogP contribution in [0.3, 0.4) is 0 Å². The molecule has 4 rings (SSSR count). The Kier molecular flexibility index (Phi) is 4.48. The van der Waals surface area contributed by atoms with E-state index >= 15 is 0 Å². The number of rotatable bonds is 3. The molecule has 2 unspecified atom stereocenters. The van der Waals surface area contributed by atoms with E-state index in [9.17, 15) is 4.79 Å². The molecule has 1 N–H and O–H groups in total. The van der Waals surface area contributed by atoms with Crippen molar-refractivity contribution in [2.45, 2.75) is 45.1 Å². The number of fused-ring (bicyclic) bond motifs is 2. The van der Waals surface area contributed by atoms with Gasteiger partial charge in [0.15, 0.2) is 0 Å². The Bertz CT molecular complexity index is 783. The van der Waals surface area contributed by atoms with Gasteiger partial charge in [-0.05, 0) is 67.3 Å². The van der Waals surface area contributed by atoms with Crippen LogP contribution in [-0.4, -0.2) is 12.5 Å². The van der Waals surface area contributed by atoms with Gasteiger partial charge in [-0.25, -0.2) is 0 Å². The fourth-order valence-corrected chi connectivity index (χ4v) is 3.93. The topological polar surface area (TPSA) is 38.3 Å². The molecule has 1 amide bonds. The quantitative estimate of drug-likeness (QED) is 0.921. The summed E-state index contributed by atoms with van der Waals surface area (Å²) in [7, 11) is 0. The molecular formula is C22H25NO2. The molecule has 130 valence electrons. The number of benzene rings is 2. The molecule has 2 aliphatic rings. The Balaban J connectivity index is 1.42. The Hall–Kier alpha value is -2.29. The zero-order valence-electron chi connectivity index (χ0n) is 14.8. The summed E-state index contributed by atoms with van der Waals surface area (Å²) in [5, 5.41) is 3.18. The Morgan fingerprint density at radius 2 is 1.88 bits per heavy atom. The van der Waals surface area contributed by atoms with Crippen molar-refractivity contribution in [3.63, 3.8) is 0 Å². The van der Waals surface area contributed by atoms with E-state index in [4.69, 9.17) is 4.74 Å². The van der Waals surface area contributed by atoms with Crippen LogP contribution in [-0.2, 0) is 24.1 Å². The molecule has 1 aliphatic carbocycles. The van der Waals surface area contributed by atoms with Gasteiger partial charge in [0.25, 0.3) is 0 Å². The highest BCUT2D eigenvalue weighted by atomic mass is 16.5. The van der Waals surface area contributed by atoms with Gasteiger partial charge in [0.05, 0.1) is 12.0 Å². The molecule has 0 aromatic heterocycles. The summed E-state index contributed by atoms with van der Waals surface area (Å²) in [6, 6.07) is 14.7. The van der Waals surface area contributed by atoms with E-state index in [0.717, 1.165) is 24.2 Å². The number of hydrogen-bond acceptors (Lipinski definition) is 2. The van der Waals surface area contributed by atoms with Gasteiger partial charge in [-0.3, -0.25) is 4.79 Å². The molecular weight excluding hydrogens is 310 g/mol. The van der Waals surface area contributed by atoms with Crippen LogP contribution in [0.1, 0.15) is 48.1 Å². The maximum atomic E-state index is 12.7. The van der Waals surface area contributed by atoms with Crippen LogP contribution in [0.2, 0.25) is 0 Å². The molecule has 3 heteroatoms. The molecule has 0 saturated heterocycles. The minimum atomic E-state index is -0.116. The largest absolute Gasteiger partial charge is 0.492 e. The van der Waals surface area contributed by atoms with Gasteiger partial charge in [0, 0.05) is 0 Å². The Labute approximate surface area is 149 Å². The first-order valence-electron chi connectivity index (χ1n) is 9.33. The van der Waals surface area contributed by atoms with Gasteiger partial charge in [-0.2, -0.15) is 0 Å². The molecule has 0 saturated carbocycles. The van der Waals surface area contributed by atoms with E-state index < -0.39 is 0 Å². The highest BCUT2D eigenvalue weighted by Crippen LogP contribution is 2.28. The minimum absolute atomic E-state index is 0.0249. The lowest BCUT2D eigenvalue weighted by Gasteiger charge is -2.26. The number of carbonyl (C=O) groups excluding carboxylic acids is 1. The van der Waals surface area contributed by atoms with Crippen molar-refractivity contribution in [2.24, 2.45) is 5.92 Å². The molecule has 1 aliphatic heterocycles. The maximum Gasteiger partial charge on any atom is 0.227 e. The third-order valence-electron chi connectivity index (χ3n) is 5.48. The van der Waals surface area contributed by atoms with Crippen LogP contribution in [0.15, 0.2) is 42.5 Å². The first kappa shape index (κ1) is 16.2. The maximum absolute atomic E-state index is 12.7. The molecule has 25 heavy (non-hydrogen) atoms. The SMILES string of the molecule is CC(NC(=O)C1COc2ccccc2C1)c1ccc2c(c1)CCCC2. The number of aryl methyl sites for hydroxylation is 2. The van der Waals surface area contributed by atoms with Gasteiger partial charge < -0.3 is 10.1 Å². The molecule has 0 spiro atoms. The van der Waals surface area contributed by atoms with Crippen molar-refractivity contribution in [1.82, 2.24) is 5.32 Å². The zero-order valence-corrected chi connectivity index (χ0v) is 14.8. The predicted octanol–water partition coefficient (Wildman–Crippen LogP) is 3.99. The fourth-order valence-electron chi connectivity index (χ4n) is 3.93. The lowest BCUT2D eigenvalue weighted by atomic mass is 9.89. The van der Waals surface area contributed by atoms with Crippen molar-refractivity contribution in [3.05, 3.63) is 64.7 Å². The van der Waals surface area contributed by atoms with Crippen molar-refractivity contribution in [1.29, 1.82) is 0 Å². The summed E-state index contributed by atoms with van der Waals surface area (Å²) < 4.78 is 5.76. The Morgan fingerprint density at radius 1 is 1.08 bits per heavy atom. The first-order valence-corrected chi connectivity index (χ1v) is 9.33. The number of nitrogens with one attached hydrogen (secondary N) is 1. The first-order chi connectivity index (χ1) is 12.2. The smallest absolute Gasteiger partial charge is 0.227 e. The predicted molar refractivity (Wildman–Crippen MR) is 98.8 cm³/mol. The van der Waals surface area contributed by atoms with Gasteiger partial charge >= 0.3 is 0 Å². The number of para-hydroxylation sites is 1. The summed E-state index contributed by atoms with van der Waals surface area (Å²) in [5.74, 6) is 0.879. The van der Waals surface area contributed by atoms with Crippen LogP contribution < -0.4 is 10.1 Å².